The van der Waals surface area contributed by atoms with Gasteiger partial charge in [0.1, 0.15) is 17.1 Å². The highest BCUT2D eigenvalue weighted by atomic mass is 32.2. The Labute approximate surface area is 172 Å². The van der Waals surface area contributed by atoms with E-state index in [1.807, 2.05) is 6.26 Å². The molecule has 152 valence electrons. The summed E-state index contributed by atoms with van der Waals surface area (Å²) in [6.45, 7) is 9.72. The van der Waals surface area contributed by atoms with Gasteiger partial charge in [0.25, 0.3) is 5.91 Å². The van der Waals surface area contributed by atoms with Crippen LogP contribution in [-0.2, 0) is 19.3 Å². The summed E-state index contributed by atoms with van der Waals surface area (Å²) in [5.74, 6) is 0.703. The van der Waals surface area contributed by atoms with Crippen molar-refractivity contribution in [3.8, 4) is 0 Å². The van der Waals surface area contributed by atoms with E-state index in [0.717, 1.165) is 42.5 Å². The molecule has 0 saturated carbocycles. The monoisotopic (exact) mass is 401 g/mol. The van der Waals surface area contributed by atoms with Gasteiger partial charge >= 0.3 is 0 Å². The molecule has 0 aliphatic rings. The molecule has 1 aromatic carbocycles. The number of rotatable bonds is 8. The van der Waals surface area contributed by atoms with Crippen LogP contribution in [0.1, 0.15) is 72.2 Å². The minimum absolute atomic E-state index is 0.148. The summed E-state index contributed by atoms with van der Waals surface area (Å²) in [5.41, 5.74) is 3.40. The number of benzene rings is 1. The normalized spacial score (nSPS) is 10.9. The van der Waals surface area contributed by atoms with Crippen LogP contribution in [0.4, 0.5) is 5.69 Å². The Hall–Kier alpha value is -2.01. The van der Waals surface area contributed by atoms with Crippen molar-refractivity contribution >= 4 is 23.4 Å². The fourth-order valence-corrected chi connectivity index (χ4v) is 3.80. The third-order valence-electron chi connectivity index (χ3n) is 5.15. The average molecular weight is 402 g/mol. The van der Waals surface area contributed by atoms with Gasteiger partial charge in [0.15, 0.2) is 0 Å². The van der Waals surface area contributed by atoms with Crippen molar-refractivity contribution in [2.45, 2.75) is 71.6 Å². The Bertz CT molecular complexity index is 890. The van der Waals surface area contributed by atoms with E-state index in [2.05, 4.69) is 38.2 Å². The number of nitrogens with one attached hydrogen (secondary N) is 1. The average Bonchev–Trinajstić information content (AvgIpc) is 2.70. The fraction of sp³-hybridized carbons (Fsp3) is 0.478. The molecule has 0 aliphatic carbocycles. The van der Waals surface area contributed by atoms with Crippen LogP contribution in [0.3, 0.4) is 0 Å². The van der Waals surface area contributed by atoms with Crippen LogP contribution < -0.4 is 10.7 Å². The molecule has 0 unspecified atom stereocenters. The van der Waals surface area contributed by atoms with E-state index >= 15 is 0 Å². The van der Waals surface area contributed by atoms with Crippen molar-refractivity contribution in [3.05, 3.63) is 56.1 Å². The number of amides is 1. The van der Waals surface area contributed by atoms with Crippen LogP contribution in [0.15, 0.2) is 26.2 Å². The lowest BCUT2D eigenvalue weighted by molar-refractivity contribution is 0.102. The molecule has 1 aromatic heterocycles. The van der Waals surface area contributed by atoms with Crippen LogP contribution in [0.5, 0.6) is 0 Å². The molecule has 1 heterocycles. The lowest BCUT2D eigenvalue weighted by Crippen LogP contribution is -2.26. The van der Waals surface area contributed by atoms with Crippen molar-refractivity contribution in [1.82, 2.24) is 0 Å². The maximum Gasteiger partial charge on any atom is 0.263 e. The zero-order valence-electron chi connectivity index (χ0n) is 17.8. The molecule has 0 spiro atoms. The van der Waals surface area contributed by atoms with Crippen molar-refractivity contribution in [1.29, 1.82) is 0 Å². The second-order valence-electron chi connectivity index (χ2n) is 7.00. The number of unbranched alkanes of at least 4 members (excludes halogenated alkanes) is 1. The molecular formula is C23H31NO3S. The first kappa shape index (κ1) is 22.3. The van der Waals surface area contributed by atoms with Crippen molar-refractivity contribution in [2.75, 3.05) is 11.6 Å². The Kier molecular flexibility index (Phi) is 7.93. The molecule has 1 amide bonds. The number of hydrogen-bond donors (Lipinski definition) is 1. The van der Waals surface area contributed by atoms with Gasteiger partial charge in [-0.2, -0.15) is 0 Å². The van der Waals surface area contributed by atoms with E-state index in [1.54, 1.807) is 25.6 Å². The zero-order valence-corrected chi connectivity index (χ0v) is 18.6. The van der Waals surface area contributed by atoms with Gasteiger partial charge in [0.2, 0.25) is 5.43 Å². The number of aryl methyl sites for hydroxylation is 4. The molecule has 0 saturated heterocycles. The number of thioether (sulfide) groups is 1. The third kappa shape index (κ3) is 4.69. The van der Waals surface area contributed by atoms with Gasteiger partial charge in [0.05, 0.1) is 0 Å². The van der Waals surface area contributed by atoms with Gasteiger partial charge in [-0.25, -0.2) is 0 Å². The van der Waals surface area contributed by atoms with Gasteiger partial charge in [-0.1, -0.05) is 27.2 Å². The summed E-state index contributed by atoms with van der Waals surface area (Å²) in [5, 5.41) is 3.04. The van der Waals surface area contributed by atoms with Crippen LogP contribution >= 0.6 is 11.8 Å². The summed E-state index contributed by atoms with van der Waals surface area (Å²) in [7, 11) is 0. The molecule has 2 rings (SSSR count). The first-order chi connectivity index (χ1) is 13.4. The van der Waals surface area contributed by atoms with Crippen molar-refractivity contribution < 1.29 is 9.21 Å². The number of carbonyl (C=O) groups is 1. The van der Waals surface area contributed by atoms with E-state index in [1.165, 1.54) is 4.90 Å². The molecule has 1 N–H and O–H groups in total. The summed E-state index contributed by atoms with van der Waals surface area (Å²) in [4.78, 5) is 27.3. The minimum atomic E-state index is -0.371. The van der Waals surface area contributed by atoms with E-state index < -0.39 is 0 Å². The van der Waals surface area contributed by atoms with Crippen LogP contribution in [0.2, 0.25) is 0 Å². The fourth-order valence-electron chi connectivity index (χ4n) is 3.28. The molecule has 4 nitrogen and oxygen atoms in total. The highest BCUT2D eigenvalue weighted by Crippen LogP contribution is 2.29. The Balaban J connectivity index is 2.54. The largest absolute Gasteiger partial charge is 0.465 e. The van der Waals surface area contributed by atoms with E-state index in [0.29, 0.717) is 23.5 Å². The second-order valence-corrected chi connectivity index (χ2v) is 7.88. The molecule has 28 heavy (non-hydrogen) atoms. The van der Waals surface area contributed by atoms with E-state index in [9.17, 15) is 9.59 Å². The van der Waals surface area contributed by atoms with Gasteiger partial charge in [-0.3, -0.25) is 9.59 Å². The topological polar surface area (TPSA) is 59.3 Å². The van der Waals surface area contributed by atoms with Gasteiger partial charge in [-0.15, -0.1) is 11.8 Å². The Morgan fingerprint density at radius 1 is 1.11 bits per heavy atom. The number of hydrogen-bond acceptors (Lipinski definition) is 4. The smallest absolute Gasteiger partial charge is 0.263 e. The molecule has 0 bridgehead atoms. The second kappa shape index (κ2) is 9.97. The summed E-state index contributed by atoms with van der Waals surface area (Å²) in [6, 6.07) is 4.22. The van der Waals surface area contributed by atoms with Crippen molar-refractivity contribution in [3.63, 3.8) is 0 Å². The van der Waals surface area contributed by atoms with E-state index in [-0.39, 0.29) is 16.9 Å². The Morgan fingerprint density at radius 3 is 2.21 bits per heavy atom. The van der Waals surface area contributed by atoms with Gasteiger partial charge in [0, 0.05) is 22.6 Å². The molecule has 0 fully saturated rings. The third-order valence-corrected chi connectivity index (χ3v) is 5.85. The van der Waals surface area contributed by atoms with Gasteiger partial charge in [-0.05, 0) is 62.6 Å². The first-order valence-corrected chi connectivity index (χ1v) is 11.2. The first-order valence-electron chi connectivity index (χ1n) is 10.0. The highest BCUT2D eigenvalue weighted by molar-refractivity contribution is 7.98. The molecule has 0 radical (unpaired) electrons. The standard InChI is InChI=1S/C23H31NO3S/c1-7-10-11-19-20(22(25)14(4)15(5)27-19)23(26)24-21-16(8-2)12-18(28-6)13-17(21)9-3/h12-13H,7-11H2,1-6H3,(H,24,26). The van der Waals surface area contributed by atoms with Crippen LogP contribution in [0, 0.1) is 13.8 Å². The van der Waals surface area contributed by atoms with Gasteiger partial charge < -0.3 is 9.73 Å². The quantitative estimate of drug-likeness (QED) is 0.577. The maximum absolute atomic E-state index is 13.2. The summed E-state index contributed by atoms with van der Waals surface area (Å²) in [6.07, 6.45) is 6.08. The highest BCUT2D eigenvalue weighted by Gasteiger charge is 2.22. The summed E-state index contributed by atoms with van der Waals surface area (Å²) < 4.78 is 5.87. The zero-order chi connectivity index (χ0) is 20.8. The molecule has 2 aromatic rings. The van der Waals surface area contributed by atoms with Crippen LogP contribution in [0.25, 0.3) is 0 Å². The maximum atomic E-state index is 13.2. The number of anilines is 1. The predicted octanol–water partition coefficient (Wildman–Crippen LogP) is 5.70. The van der Waals surface area contributed by atoms with Crippen molar-refractivity contribution in [2.24, 2.45) is 0 Å². The molecule has 0 atom stereocenters. The molecule has 5 heteroatoms. The molecule has 0 aliphatic heterocycles. The summed E-state index contributed by atoms with van der Waals surface area (Å²) >= 11 is 1.69. The Morgan fingerprint density at radius 2 is 1.71 bits per heavy atom. The SMILES string of the molecule is CCCCc1oc(C)c(C)c(=O)c1C(=O)Nc1c(CC)cc(SC)cc1CC. The number of carbonyl (C=O) groups excluding carboxylic acids is 1. The molecular weight excluding hydrogens is 370 g/mol. The lowest BCUT2D eigenvalue weighted by atomic mass is 10.0. The minimum Gasteiger partial charge on any atom is -0.465 e. The van der Waals surface area contributed by atoms with E-state index in [4.69, 9.17) is 4.42 Å². The predicted molar refractivity (Wildman–Crippen MR) is 118 cm³/mol. The lowest BCUT2D eigenvalue weighted by Gasteiger charge is -2.17. The van der Waals surface area contributed by atoms with Crippen LogP contribution in [-0.4, -0.2) is 12.2 Å².